The minimum atomic E-state index is -0.487. The minimum Gasteiger partial charge on any atom is -0.466 e. The first kappa shape index (κ1) is 12.6. The number of nitro groups is 1. The number of carbonyl (C=O) groups is 1. The zero-order valence-corrected chi connectivity index (χ0v) is 10.2. The molecule has 16 heavy (non-hydrogen) atoms. The Morgan fingerprint density at radius 1 is 1.56 bits per heavy atom. The molecule has 0 atom stereocenters. The number of benzene rings is 1. The monoisotopic (exact) mass is 287 g/mol. The van der Waals surface area contributed by atoms with Crippen molar-refractivity contribution in [3.8, 4) is 0 Å². The summed E-state index contributed by atoms with van der Waals surface area (Å²) < 4.78 is 5.32. The number of hydrogen-bond acceptors (Lipinski definition) is 4. The molecule has 0 aliphatic heterocycles. The van der Waals surface area contributed by atoms with E-state index < -0.39 is 4.92 Å². The summed E-state index contributed by atoms with van der Waals surface area (Å²) in [5, 5.41) is 10.5. The third-order valence-electron chi connectivity index (χ3n) is 1.89. The fourth-order valence-electron chi connectivity index (χ4n) is 1.16. The third kappa shape index (κ3) is 3.30. The molecule has 1 aromatic carbocycles. The Morgan fingerprint density at radius 3 is 2.75 bits per heavy atom. The highest BCUT2D eigenvalue weighted by Crippen LogP contribution is 2.23. The van der Waals surface area contributed by atoms with Crippen molar-refractivity contribution in [2.75, 3.05) is 6.61 Å². The van der Waals surface area contributed by atoms with Gasteiger partial charge < -0.3 is 4.74 Å². The fourth-order valence-corrected chi connectivity index (χ4v) is 1.67. The molecular weight excluding hydrogens is 278 g/mol. The predicted molar refractivity (Wildman–Crippen MR) is 61.1 cm³/mol. The van der Waals surface area contributed by atoms with E-state index in [9.17, 15) is 14.9 Å². The highest BCUT2D eigenvalue weighted by Gasteiger charge is 2.12. The first-order valence-corrected chi connectivity index (χ1v) is 5.42. The first-order chi connectivity index (χ1) is 7.54. The van der Waals surface area contributed by atoms with Gasteiger partial charge in [0.2, 0.25) is 0 Å². The number of esters is 1. The summed E-state index contributed by atoms with van der Waals surface area (Å²) in [7, 11) is 0. The summed E-state index contributed by atoms with van der Waals surface area (Å²) in [6.07, 6.45) is 0.104. The Labute approximate surface area is 101 Å². The molecule has 0 aliphatic carbocycles. The number of nitrogens with zero attached hydrogens (tertiary/aromatic N) is 1. The van der Waals surface area contributed by atoms with Crippen LogP contribution in [0.15, 0.2) is 22.7 Å². The van der Waals surface area contributed by atoms with Crippen LogP contribution in [-0.2, 0) is 16.0 Å². The van der Waals surface area contributed by atoms with Crippen molar-refractivity contribution < 1.29 is 14.5 Å². The van der Waals surface area contributed by atoms with Gasteiger partial charge in [0.1, 0.15) is 0 Å². The molecular formula is C10H10BrNO4. The van der Waals surface area contributed by atoms with Gasteiger partial charge in [-0.1, -0.05) is 22.0 Å². The second-order valence-electron chi connectivity index (χ2n) is 3.01. The van der Waals surface area contributed by atoms with Gasteiger partial charge in [0.05, 0.1) is 18.0 Å². The molecule has 0 N–H and O–H groups in total. The summed E-state index contributed by atoms with van der Waals surface area (Å²) in [4.78, 5) is 21.2. The van der Waals surface area contributed by atoms with E-state index in [-0.39, 0.29) is 18.1 Å². The predicted octanol–water partition coefficient (Wildman–Crippen LogP) is 2.46. The molecule has 6 heteroatoms. The Morgan fingerprint density at radius 2 is 2.25 bits per heavy atom. The SMILES string of the molecule is CCOC(=O)Cc1ccc([N+](=O)[O-])cc1Br. The van der Waals surface area contributed by atoms with Crippen molar-refractivity contribution in [1.29, 1.82) is 0 Å². The Balaban J connectivity index is 2.83. The second-order valence-corrected chi connectivity index (χ2v) is 3.87. The van der Waals surface area contributed by atoms with E-state index in [2.05, 4.69) is 15.9 Å². The van der Waals surface area contributed by atoms with Gasteiger partial charge in [-0.15, -0.1) is 0 Å². The summed E-state index contributed by atoms with van der Waals surface area (Å²) in [6, 6.07) is 4.27. The summed E-state index contributed by atoms with van der Waals surface area (Å²) >= 11 is 3.18. The number of non-ortho nitro benzene ring substituents is 1. The van der Waals surface area contributed by atoms with Gasteiger partial charge in [-0.2, -0.15) is 0 Å². The molecule has 0 aromatic heterocycles. The summed E-state index contributed by atoms with van der Waals surface area (Å²) in [5.74, 6) is -0.350. The standard InChI is InChI=1S/C10H10BrNO4/c1-2-16-10(13)5-7-3-4-8(12(14)15)6-9(7)11/h3-4,6H,2,5H2,1H3. The Hall–Kier alpha value is -1.43. The molecule has 0 radical (unpaired) electrons. The minimum absolute atomic E-state index is 0.0144. The molecule has 5 nitrogen and oxygen atoms in total. The number of halogens is 1. The van der Waals surface area contributed by atoms with Gasteiger partial charge >= 0.3 is 5.97 Å². The van der Waals surface area contributed by atoms with Gasteiger partial charge in [-0.3, -0.25) is 14.9 Å². The van der Waals surface area contributed by atoms with Crippen LogP contribution in [0.5, 0.6) is 0 Å². The number of hydrogen-bond donors (Lipinski definition) is 0. The van der Waals surface area contributed by atoms with E-state index in [1.165, 1.54) is 12.1 Å². The summed E-state index contributed by atoms with van der Waals surface area (Å²) in [5.41, 5.74) is 0.656. The van der Waals surface area contributed by atoms with Crippen molar-refractivity contribution in [3.63, 3.8) is 0 Å². The molecule has 0 saturated heterocycles. The fraction of sp³-hybridized carbons (Fsp3) is 0.300. The lowest BCUT2D eigenvalue weighted by molar-refractivity contribution is -0.384. The molecule has 0 heterocycles. The first-order valence-electron chi connectivity index (χ1n) is 4.63. The van der Waals surface area contributed by atoms with Crippen LogP contribution in [0, 0.1) is 10.1 Å². The van der Waals surface area contributed by atoms with Crippen molar-refractivity contribution in [1.82, 2.24) is 0 Å². The second kappa shape index (κ2) is 5.60. The molecule has 1 rings (SSSR count). The van der Waals surface area contributed by atoms with Crippen LogP contribution in [0.3, 0.4) is 0 Å². The van der Waals surface area contributed by atoms with Crippen LogP contribution >= 0.6 is 15.9 Å². The zero-order valence-electron chi connectivity index (χ0n) is 8.60. The van der Waals surface area contributed by atoms with Gasteiger partial charge in [-0.25, -0.2) is 0 Å². The van der Waals surface area contributed by atoms with Gasteiger partial charge in [-0.05, 0) is 12.5 Å². The van der Waals surface area contributed by atoms with Crippen LogP contribution < -0.4 is 0 Å². The molecule has 0 bridgehead atoms. The van der Waals surface area contributed by atoms with E-state index in [1.54, 1.807) is 13.0 Å². The molecule has 0 amide bonds. The van der Waals surface area contributed by atoms with Gasteiger partial charge in [0, 0.05) is 16.6 Å². The van der Waals surface area contributed by atoms with Crippen molar-refractivity contribution in [2.24, 2.45) is 0 Å². The van der Waals surface area contributed by atoms with Crippen LogP contribution in [0.1, 0.15) is 12.5 Å². The topological polar surface area (TPSA) is 69.4 Å². The van der Waals surface area contributed by atoms with Gasteiger partial charge in [0.25, 0.3) is 5.69 Å². The smallest absolute Gasteiger partial charge is 0.310 e. The maximum Gasteiger partial charge on any atom is 0.310 e. The van der Waals surface area contributed by atoms with Gasteiger partial charge in [0.15, 0.2) is 0 Å². The molecule has 0 saturated carbocycles. The van der Waals surface area contributed by atoms with Crippen LogP contribution in [0.4, 0.5) is 5.69 Å². The molecule has 86 valence electrons. The zero-order chi connectivity index (χ0) is 12.1. The quantitative estimate of drug-likeness (QED) is 0.485. The van der Waals surface area contributed by atoms with Crippen molar-refractivity contribution in [3.05, 3.63) is 38.3 Å². The number of carbonyl (C=O) groups excluding carboxylic acids is 1. The highest BCUT2D eigenvalue weighted by atomic mass is 79.9. The molecule has 0 unspecified atom stereocenters. The normalized spacial score (nSPS) is 9.88. The number of rotatable bonds is 4. The lowest BCUT2D eigenvalue weighted by atomic mass is 10.1. The highest BCUT2D eigenvalue weighted by molar-refractivity contribution is 9.10. The van der Waals surface area contributed by atoms with Crippen LogP contribution in [0.25, 0.3) is 0 Å². The average Bonchev–Trinajstić information content (AvgIpc) is 2.21. The van der Waals surface area contributed by atoms with Crippen molar-refractivity contribution >= 4 is 27.6 Å². The average molecular weight is 288 g/mol. The van der Waals surface area contributed by atoms with E-state index in [0.29, 0.717) is 16.6 Å². The van der Waals surface area contributed by atoms with E-state index in [0.717, 1.165) is 0 Å². The number of ether oxygens (including phenoxy) is 1. The molecule has 0 aliphatic rings. The largest absolute Gasteiger partial charge is 0.466 e. The Bertz CT molecular complexity index is 419. The maximum absolute atomic E-state index is 11.2. The lowest BCUT2D eigenvalue weighted by Crippen LogP contribution is -2.08. The maximum atomic E-state index is 11.2. The van der Waals surface area contributed by atoms with E-state index in [1.807, 2.05) is 0 Å². The molecule has 0 spiro atoms. The van der Waals surface area contributed by atoms with Crippen LogP contribution in [0.2, 0.25) is 0 Å². The summed E-state index contributed by atoms with van der Waals surface area (Å²) in [6.45, 7) is 2.05. The van der Waals surface area contributed by atoms with E-state index >= 15 is 0 Å². The third-order valence-corrected chi connectivity index (χ3v) is 2.63. The molecule has 1 aromatic rings. The number of nitro benzene ring substituents is 1. The Kier molecular flexibility index (Phi) is 4.42. The van der Waals surface area contributed by atoms with E-state index in [4.69, 9.17) is 4.74 Å². The van der Waals surface area contributed by atoms with Crippen LogP contribution in [-0.4, -0.2) is 17.5 Å². The van der Waals surface area contributed by atoms with Crippen molar-refractivity contribution in [2.45, 2.75) is 13.3 Å². The lowest BCUT2D eigenvalue weighted by Gasteiger charge is -2.04. The molecule has 0 fully saturated rings.